The van der Waals surface area contributed by atoms with E-state index in [1.54, 1.807) is 6.08 Å². The van der Waals surface area contributed by atoms with Crippen molar-refractivity contribution < 1.29 is 22.7 Å². The molecule has 0 saturated carbocycles. The Kier molecular flexibility index (Phi) is 6.21. The molecule has 8 heteroatoms. The number of aromatic nitrogens is 2. The molecule has 0 aliphatic rings. The Hall–Kier alpha value is -2.77. The molecule has 1 heterocycles. The second-order valence-electron chi connectivity index (χ2n) is 5.29. The molecule has 0 bridgehead atoms. The van der Waals surface area contributed by atoms with Crippen molar-refractivity contribution in [3.05, 3.63) is 58.9 Å². The molecule has 0 radical (unpaired) electrons. The Balaban J connectivity index is 1.75. The zero-order chi connectivity index (χ0) is 18.3. The van der Waals surface area contributed by atoms with Crippen LogP contribution in [-0.2, 0) is 17.5 Å². The highest BCUT2D eigenvalue weighted by atomic mass is 19.4. The molecule has 1 aromatic carbocycles. The summed E-state index contributed by atoms with van der Waals surface area (Å²) in [6.45, 7) is 1.93. The van der Waals surface area contributed by atoms with Gasteiger partial charge in [0.25, 0.3) is 0 Å². The van der Waals surface area contributed by atoms with E-state index in [0.717, 1.165) is 5.56 Å². The van der Waals surface area contributed by atoms with Crippen LogP contribution >= 0.6 is 0 Å². The number of carbonyl (C=O) groups excluding carboxylic acids is 1. The summed E-state index contributed by atoms with van der Waals surface area (Å²) in [6, 6.07) is 9.22. The number of benzene rings is 1. The van der Waals surface area contributed by atoms with Crippen LogP contribution in [0.5, 0.6) is 0 Å². The summed E-state index contributed by atoms with van der Waals surface area (Å²) < 4.78 is 43.4. The lowest BCUT2D eigenvalue weighted by atomic mass is 10.1. The van der Waals surface area contributed by atoms with E-state index in [4.69, 9.17) is 4.74 Å². The van der Waals surface area contributed by atoms with Gasteiger partial charge in [0.15, 0.2) is 5.69 Å². The van der Waals surface area contributed by atoms with Gasteiger partial charge >= 0.3 is 12.3 Å². The second-order valence-corrected chi connectivity index (χ2v) is 5.29. The number of aryl methyl sites for hydroxylation is 1. The third kappa shape index (κ3) is 5.66. The number of halogens is 3. The van der Waals surface area contributed by atoms with E-state index in [1.165, 1.54) is 13.0 Å². The van der Waals surface area contributed by atoms with Crippen molar-refractivity contribution in [2.45, 2.75) is 26.1 Å². The zero-order valence-corrected chi connectivity index (χ0v) is 13.6. The lowest BCUT2D eigenvalue weighted by Gasteiger charge is -2.06. The van der Waals surface area contributed by atoms with Crippen LogP contribution in [0.1, 0.15) is 28.9 Å². The lowest BCUT2D eigenvalue weighted by Crippen LogP contribution is -2.24. The van der Waals surface area contributed by atoms with Gasteiger partial charge in [0.05, 0.1) is 0 Å². The van der Waals surface area contributed by atoms with Crippen molar-refractivity contribution in [1.29, 1.82) is 0 Å². The number of hydrogen-bond donors (Lipinski definition) is 2. The van der Waals surface area contributed by atoms with E-state index in [2.05, 4.69) is 15.5 Å². The Morgan fingerprint density at radius 3 is 2.72 bits per heavy atom. The van der Waals surface area contributed by atoms with Gasteiger partial charge in [-0.25, -0.2) is 4.79 Å². The van der Waals surface area contributed by atoms with Crippen LogP contribution in [0.2, 0.25) is 0 Å². The van der Waals surface area contributed by atoms with Gasteiger partial charge in [-0.3, -0.25) is 5.10 Å². The van der Waals surface area contributed by atoms with Gasteiger partial charge in [0.2, 0.25) is 0 Å². The number of nitrogens with one attached hydrogen (secondary N) is 2. The summed E-state index contributed by atoms with van der Waals surface area (Å²) in [5.41, 5.74) is 0.252. The van der Waals surface area contributed by atoms with Crippen LogP contribution < -0.4 is 5.32 Å². The molecule has 2 rings (SSSR count). The first-order valence-corrected chi connectivity index (χ1v) is 7.61. The second kappa shape index (κ2) is 8.36. The first-order valence-electron chi connectivity index (χ1n) is 7.61. The number of nitrogens with zero attached hydrogens (tertiary/aromatic N) is 1. The van der Waals surface area contributed by atoms with Gasteiger partial charge in [-0.2, -0.15) is 18.3 Å². The number of aromatic amines is 1. The lowest BCUT2D eigenvalue weighted by molar-refractivity contribution is -0.141. The molecule has 0 spiro atoms. The van der Waals surface area contributed by atoms with E-state index in [-0.39, 0.29) is 18.7 Å². The highest BCUT2D eigenvalue weighted by Crippen LogP contribution is 2.32. The fraction of sp³-hybridized carbons (Fsp3) is 0.294. The van der Waals surface area contributed by atoms with E-state index in [0.29, 0.717) is 12.1 Å². The summed E-state index contributed by atoms with van der Waals surface area (Å²) in [4.78, 5) is 11.5. The number of alkyl carbamates (subject to hydrolysis) is 1. The first kappa shape index (κ1) is 18.6. The van der Waals surface area contributed by atoms with Gasteiger partial charge in [-0.05, 0) is 18.9 Å². The topological polar surface area (TPSA) is 67.0 Å². The maximum absolute atomic E-state index is 12.8. The minimum absolute atomic E-state index is 0.000783. The van der Waals surface area contributed by atoms with Gasteiger partial charge in [0.1, 0.15) is 6.61 Å². The average molecular weight is 353 g/mol. The van der Waals surface area contributed by atoms with Crippen LogP contribution in [0.3, 0.4) is 0 Å². The van der Waals surface area contributed by atoms with Crippen molar-refractivity contribution >= 4 is 12.2 Å². The van der Waals surface area contributed by atoms with Gasteiger partial charge in [-0.1, -0.05) is 42.5 Å². The summed E-state index contributed by atoms with van der Waals surface area (Å²) in [5, 5.41) is 8.13. The van der Waals surface area contributed by atoms with Crippen molar-refractivity contribution in [1.82, 2.24) is 15.5 Å². The summed E-state index contributed by atoms with van der Waals surface area (Å²) in [7, 11) is 0. The number of rotatable bonds is 6. The van der Waals surface area contributed by atoms with Crippen LogP contribution in [0, 0.1) is 6.92 Å². The third-order valence-corrected chi connectivity index (χ3v) is 3.34. The highest BCUT2D eigenvalue weighted by Gasteiger charge is 2.36. The highest BCUT2D eigenvalue weighted by molar-refractivity contribution is 5.67. The van der Waals surface area contributed by atoms with Crippen molar-refractivity contribution in [2.75, 3.05) is 6.54 Å². The van der Waals surface area contributed by atoms with Crippen molar-refractivity contribution in [3.63, 3.8) is 0 Å². The number of alkyl halides is 3. The van der Waals surface area contributed by atoms with E-state index in [1.807, 2.05) is 30.3 Å². The Morgan fingerprint density at radius 1 is 1.32 bits per heavy atom. The smallest absolute Gasteiger partial charge is 0.435 e. The van der Waals surface area contributed by atoms with Gasteiger partial charge in [0, 0.05) is 17.8 Å². The first-order chi connectivity index (χ1) is 11.9. The molecule has 0 aliphatic heterocycles. The third-order valence-electron chi connectivity index (χ3n) is 3.34. The van der Waals surface area contributed by atoms with Gasteiger partial charge < -0.3 is 10.1 Å². The molecule has 0 fully saturated rings. The average Bonchev–Trinajstić information content (AvgIpc) is 2.95. The predicted molar refractivity (Wildman–Crippen MR) is 86.6 cm³/mol. The summed E-state index contributed by atoms with van der Waals surface area (Å²) >= 11 is 0. The summed E-state index contributed by atoms with van der Waals surface area (Å²) in [5.74, 6) is 0. The molecule has 25 heavy (non-hydrogen) atoms. The van der Waals surface area contributed by atoms with Crippen LogP contribution in [0.4, 0.5) is 18.0 Å². The molecule has 2 N–H and O–H groups in total. The molecule has 5 nitrogen and oxygen atoms in total. The van der Waals surface area contributed by atoms with Crippen LogP contribution in [-0.4, -0.2) is 22.8 Å². The van der Waals surface area contributed by atoms with E-state index < -0.39 is 18.0 Å². The fourth-order valence-corrected chi connectivity index (χ4v) is 2.09. The largest absolute Gasteiger partial charge is 0.445 e. The molecule has 2 aromatic rings. The van der Waals surface area contributed by atoms with Gasteiger partial charge in [-0.15, -0.1) is 0 Å². The maximum atomic E-state index is 12.8. The standard InChI is InChI=1S/C17H18F3N3O2/c1-12-14(15(23-22-12)17(18,19)20)9-5-6-10-21-16(24)25-11-13-7-3-2-4-8-13/h2-5,7-9H,6,10-11H2,1H3,(H,21,24)(H,22,23). The Bertz CT molecular complexity index is 724. The van der Waals surface area contributed by atoms with Crippen molar-refractivity contribution in [3.8, 4) is 0 Å². The van der Waals surface area contributed by atoms with Crippen molar-refractivity contribution in [2.24, 2.45) is 0 Å². The molecule has 0 unspecified atom stereocenters. The summed E-state index contributed by atoms with van der Waals surface area (Å²) in [6.07, 6.45) is -1.83. The SMILES string of the molecule is Cc1[nH]nc(C(F)(F)F)c1C=CCCNC(=O)OCc1ccccc1. The minimum atomic E-state index is -4.51. The molecule has 1 amide bonds. The molecular weight excluding hydrogens is 335 g/mol. The number of ether oxygens (including phenoxy) is 1. The van der Waals surface area contributed by atoms with E-state index in [9.17, 15) is 18.0 Å². The predicted octanol–water partition coefficient (Wildman–Crippen LogP) is 4.07. The molecule has 0 saturated heterocycles. The Morgan fingerprint density at radius 2 is 2.04 bits per heavy atom. The quantitative estimate of drug-likeness (QED) is 0.770. The molecule has 134 valence electrons. The molecule has 0 aliphatic carbocycles. The molecule has 1 aromatic heterocycles. The maximum Gasteiger partial charge on any atom is 0.435 e. The molecule has 0 atom stereocenters. The normalized spacial score (nSPS) is 11.7. The molecular formula is C17H18F3N3O2. The number of carbonyl (C=O) groups is 1. The Labute approximate surface area is 142 Å². The minimum Gasteiger partial charge on any atom is -0.445 e. The fourth-order valence-electron chi connectivity index (χ4n) is 2.09. The van der Waals surface area contributed by atoms with Crippen LogP contribution in [0.15, 0.2) is 36.4 Å². The zero-order valence-electron chi connectivity index (χ0n) is 13.6. The number of hydrogen-bond acceptors (Lipinski definition) is 3. The number of amides is 1. The number of H-pyrrole nitrogens is 1. The monoisotopic (exact) mass is 353 g/mol. The van der Waals surface area contributed by atoms with E-state index >= 15 is 0 Å². The van der Waals surface area contributed by atoms with Crippen LogP contribution in [0.25, 0.3) is 6.08 Å².